The first-order chi connectivity index (χ1) is 16.3. The molecule has 0 aliphatic rings. The van der Waals surface area contributed by atoms with Crippen molar-refractivity contribution in [2.45, 2.75) is 6.18 Å². The molecule has 0 atom stereocenters. The first-order valence-corrected chi connectivity index (χ1v) is 10.5. The Bertz CT molecular complexity index is 1280. The van der Waals surface area contributed by atoms with Gasteiger partial charge in [-0.25, -0.2) is 9.67 Å². The third kappa shape index (κ3) is 5.34. The highest BCUT2D eigenvalue weighted by Gasteiger charge is 2.31. The van der Waals surface area contributed by atoms with Crippen LogP contribution in [0.2, 0.25) is 5.02 Å². The predicted molar refractivity (Wildman–Crippen MR) is 122 cm³/mol. The zero-order valence-electron chi connectivity index (χ0n) is 17.6. The van der Waals surface area contributed by atoms with Crippen molar-refractivity contribution < 1.29 is 18.0 Å². The number of aromatic nitrogens is 4. The van der Waals surface area contributed by atoms with E-state index in [0.717, 1.165) is 11.8 Å². The summed E-state index contributed by atoms with van der Waals surface area (Å²) in [6, 6.07) is 13.7. The average Bonchev–Trinajstić information content (AvgIpc) is 3.29. The Morgan fingerprint density at radius 2 is 1.85 bits per heavy atom. The zero-order chi connectivity index (χ0) is 24.1. The average molecular weight is 487 g/mol. The summed E-state index contributed by atoms with van der Waals surface area (Å²) >= 11 is 5.89. The molecule has 174 valence electrons. The van der Waals surface area contributed by atoms with E-state index in [1.807, 2.05) is 30.3 Å². The molecule has 34 heavy (non-hydrogen) atoms. The number of carbonyl (C=O) groups is 1. The molecule has 0 bridgehead atoms. The van der Waals surface area contributed by atoms with Crippen LogP contribution < -0.4 is 10.6 Å². The van der Waals surface area contributed by atoms with E-state index in [9.17, 15) is 18.0 Å². The van der Waals surface area contributed by atoms with E-state index in [4.69, 9.17) is 11.6 Å². The lowest BCUT2D eigenvalue weighted by Gasteiger charge is -2.11. The number of amides is 1. The molecular weight excluding hydrogens is 469 g/mol. The number of hydrogen-bond acceptors (Lipinski definition) is 5. The summed E-state index contributed by atoms with van der Waals surface area (Å²) in [6.45, 7) is 0.361. The fourth-order valence-electron chi connectivity index (χ4n) is 3.14. The molecular formula is C23H18ClF3N6O. The van der Waals surface area contributed by atoms with Gasteiger partial charge in [-0.05, 0) is 30.3 Å². The van der Waals surface area contributed by atoms with Gasteiger partial charge >= 0.3 is 6.18 Å². The Labute approximate surface area is 197 Å². The summed E-state index contributed by atoms with van der Waals surface area (Å²) in [5.74, 6) is -0.272. The van der Waals surface area contributed by atoms with Crippen molar-refractivity contribution in [3.63, 3.8) is 0 Å². The van der Waals surface area contributed by atoms with Crippen molar-refractivity contribution in [2.75, 3.05) is 18.4 Å². The molecule has 4 aromatic rings. The number of hydrogen-bond donors (Lipinski definition) is 2. The standard InChI is InChI=1S/C23H18ClF3N6O/c24-19-11-16(23(25,26)27)13-31-21(19)29-9-10-30-22(34)18-14-33(17-6-2-1-3-7-17)32-20(18)15-5-4-8-28-12-15/h1-8,11-14H,9-10H2,(H,29,31)(H,30,34). The van der Waals surface area contributed by atoms with E-state index >= 15 is 0 Å². The van der Waals surface area contributed by atoms with Gasteiger partial charge in [0.25, 0.3) is 5.91 Å². The van der Waals surface area contributed by atoms with Gasteiger partial charge in [0.05, 0.1) is 21.8 Å². The van der Waals surface area contributed by atoms with Crippen LogP contribution in [0.5, 0.6) is 0 Å². The van der Waals surface area contributed by atoms with Gasteiger partial charge in [-0.1, -0.05) is 29.8 Å². The van der Waals surface area contributed by atoms with E-state index < -0.39 is 11.7 Å². The van der Waals surface area contributed by atoms with E-state index in [1.54, 1.807) is 35.4 Å². The normalized spacial score (nSPS) is 11.3. The van der Waals surface area contributed by atoms with E-state index in [1.165, 1.54) is 0 Å². The van der Waals surface area contributed by atoms with Gasteiger partial charge in [-0.15, -0.1) is 0 Å². The van der Waals surface area contributed by atoms with Crippen molar-refractivity contribution in [1.82, 2.24) is 25.1 Å². The van der Waals surface area contributed by atoms with E-state index in [0.29, 0.717) is 23.0 Å². The topological polar surface area (TPSA) is 84.7 Å². The second-order valence-corrected chi connectivity index (χ2v) is 7.56. The molecule has 1 aromatic carbocycles. The van der Waals surface area contributed by atoms with Crippen molar-refractivity contribution in [2.24, 2.45) is 0 Å². The second kappa shape index (κ2) is 9.92. The van der Waals surface area contributed by atoms with Crippen molar-refractivity contribution >= 4 is 23.3 Å². The lowest BCUT2D eigenvalue weighted by molar-refractivity contribution is -0.137. The van der Waals surface area contributed by atoms with Gasteiger partial charge in [0.2, 0.25) is 0 Å². The number of para-hydroxylation sites is 1. The van der Waals surface area contributed by atoms with Gasteiger partial charge < -0.3 is 10.6 Å². The highest BCUT2D eigenvalue weighted by Crippen LogP contribution is 2.32. The minimum atomic E-state index is -4.53. The minimum Gasteiger partial charge on any atom is -0.367 e. The Kier molecular flexibility index (Phi) is 6.78. The van der Waals surface area contributed by atoms with Crippen LogP contribution in [0.3, 0.4) is 0 Å². The van der Waals surface area contributed by atoms with E-state index in [-0.39, 0.29) is 29.8 Å². The number of nitrogens with one attached hydrogen (secondary N) is 2. The molecule has 0 unspecified atom stereocenters. The number of anilines is 1. The summed E-state index contributed by atoms with van der Waals surface area (Å²) in [7, 11) is 0. The molecule has 11 heteroatoms. The van der Waals surface area contributed by atoms with Crippen LogP contribution in [0.1, 0.15) is 15.9 Å². The SMILES string of the molecule is O=C(NCCNc1ncc(C(F)(F)F)cc1Cl)c1cn(-c2ccccc2)nc1-c1cccnc1. The Morgan fingerprint density at radius 3 is 2.53 bits per heavy atom. The summed E-state index contributed by atoms with van der Waals surface area (Å²) in [6.07, 6.45) is 1.05. The number of nitrogens with zero attached hydrogens (tertiary/aromatic N) is 4. The van der Waals surface area contributed by atoms with Gasteiger partial charge in [-0.3, -0.25) is 9.78 Å². The van der Waals surface area contributed by atoms with E-state index in [2.05, 4.69) is 25.7 Å². The second-order valence-electron chi connectivity index (χ2n) is 7.15. The van der Waals surface area contributed by atoms with Crippen LogP contribution in [0.15, 0.2) is 73.3 Å². The third-order valence-corrected chi connectivity index (χ3v) is 5.07. The van der Waals surface area contributed by atoms with Crippen molar-refractivity contribution in [3.05, 3.63) is 89.5 Å². The highest BCUT2D eigenvalue weighted by atomic mass is 35.5. The van der Waals surface area contributed by atoms with Gasteiger partial charge in [-0.2, -0.15) is 18.3 Å². The molecule has 0 spiro atoms. The van der Waals surface area contributed by atoms with Crippen LogP contribution in [0.4, 0.5) is 19.0 Å². The smallest absolute Gasteiger partial charge is 0.367 e. The number of halogens is 4. The molecule has 1 amide bonds. The monoisotopic (exact) mass is 486 g/mol. The van der Waals surface area contributed by atoms with Crippen LogP contribution in [0.25, 0.3) is 16.9 Å². The highest BCUT2D eigenvalue weighted by molar-refractivity contribution is 6.32. The molecule has 3 aromatic heterocycles. The van der Waals surface area contributed by atoms with Crippen LogP contribution >= 0.6 is 11.6 Å². The molecule has 4 rings (SSSR count). The number of carbonyl (C=O) groups excluding carboxylic acids is 1. The summed E-state index contributed by atoms with van der Waals surface area (Å²) < 4.78 is 39.8. The molecule has 0 saturated carbocycles. The molecule has 7 nitrogen and oxygen atoms in total. The molecule has 3 heterocycles. The molecule has 0 aliphatic heterocycles. The predicted octanol–water partition coefficient (Wildman–Crippen LogP) is 4.84. The fraction of sp³-hybridized carbons (Fsp3) is 0.130. The first-order valence-electron chi connectivity index (χ1n) is 10.1. The number of alkyl halides is 3. The summed E-state index contributed by atoms with van der Waals surface area (Å²) in [4.78, 5) is 20.8. The third-order valence-electron chi connectivity index (χ3n) is 4.79. The van der Waals surface area contributed by atoms with Crippen LogP contribution in [-0.2, 0) is 6.18 Å². The Hall–Kier alpha value is -3.92. The number of pyridine rings is 2. The molecule has 0 radical (unpaired) electrons. The summed E-state index contributed by atoms with van der Waals surface area (Å²) in [5, 5.41) is 10.00. The quantitative estimate of drug-likeness (QED) is 0.365. The maximum atomic E-state index is 12.9. The number of rotatable bonds is 7. The Balaban J connectivity index is 1.45. The van der Waals surface area contributed by atoms with Gasteiger partial charge in [0.15, 0.2) is 0 Å². The van der Waals surface area contributed by atoms with Crippen molar-refractivity contribution in [1.29, 1.82) is 0 Å². The minimum absolute atomic E-state index is 0.0943. The molecule has 2 N–H and O–H groups in total. The fourth-order valence-corrected chi connectivity index (χ4v) is 3.38. The maximum Gasteiger partial charge on any atom is 0.417 e. The maximum absolute atomic E-state index is 12.9. The lowest BCUT2D eigenvalue weighted by atomic mass is 10.1. The van der Waals surface area contributed by atoms with Crippen LogP contribution in [0, 0.1) is 0 Å². The zero-order valence-corrected chi connectivity index (χ0v) is 18.3. The van der Waals surface area contributed by atoms with Crippen molar-refractivity contribution in [3.8, 4) is 16.9 Å². The van der Waals surface area contributed by atoms with Crippen LogP contribution in [-0.4, -0.2) is 38.7 Å². The molecule has 0 aliphatic carbocycles. The Morgan fingerprint density at radius 1 is 1.06 bits per heavy atom. The van der Waals surface area contributed by atoms with Gasteiger partial charge in [0.1, 0.15) is 11.5 Å². The molecule has 0 fully saturated rings. The van der Waals surface area contributed by atoms with Gasteiger partial charge in [0, 0.05) is 43.4 Å². The number of benzene rings is 1. The summed E-state index contributed by atoms with van der Waals surface area (Å²) in [5.41, 5.74) is 1.35. The lowest BCUT2D eigenvalue weighted by Crippen LogP contribution is -2.29. The largest absolute Gasteiger partial charge is 0.417 e. The molecule has 0 saturated heterocycles. The first kappa shape index (κ1) is 23.2.